The molecule has 128 valence electrons. The van der Waals surface area contributed by atoms with Gasteiger partial charge in [-0.05, 0) is 29.3 Å². The van der Waals surface area contributed by atoms with Gasteiger partial charge >= 0.3 is 0 Å². The second-order valence-electron chi connectivity index (χ2n) is 6.17. The minimum atomic E-state index is 0.891. The molecule has 0 bridgehead atoms. The predicted molar refractivity (Wildman–Crippen MR) is 108 cm³/mol. The second kappa shape index (κ2) is 7.50. The van der Waals surface area contributed by atoms with E-state index in [-0.39, 0.29) is 0 Å². The molecule has 3 aromatic heterocycles. The van der Waals surface area contributed by atoms with Gasteiger partial charge in [-0.1, -0.05) is 50.5 Å². The Morgan fingerprint density at radius 2 is 1.40 bits per heavy atom. The average Bonchev–Trinajstić information content (AvgIpc) is 3.39. The van der Waals surface area contributed by atoms with E-state index in [1.165, 1.54) is 40.1 Å². The number of fused-ring (bicyclic) bond motifs is 1. The molecule has 3 heterocycles. The molecular formula is C20H21N3S2. The largest absolute Gasteiger partial charge is 0.184 e. The van der Waals surface area contributed by atoms with Gasteiger partial charge in [-0.2, -0.15) is 15.0 Å². The van der Waals surface area contributed by atoms with Crippen molar-refractivity contribution in [3.8, 4) is 20.9 Å². The van der Waals surface area contributed by atoms with E-state index < -0.39 is 0 Å². The highest BCUT2D eigenvalue weighted by Gasteiger charge is 2.16. The Bertz CT molecular complexity index is 866. The lowest BCUT2D eigenvalue weighted by atomic mass is 10.1. The van der Waals surface area contributed by atoms with Crippen LogP contribution in [0.3, 0.4) is 0 Å². The van der Waals surface area contributed by atoms with E-state index in [1.807, 2.05) is 4.80 Å². The molecule has 0 fully saturated rings. The first-order valence-corrected chi connectivity index (χ1v) is 10.6. The lowest BCUT2D eigenvalue weighted by Gasteiger charge is -2.02. The molecule has 0 unspecified atom stereocenters. The fourth-order valence-corrected chi connectivity index (χ4v) is 4.58. The van der Waals surface area contributed by atoms with Gasteiger partial charge in [0, 0.05) is 20.9 Å². The van der Waals surface area contributed by atoms with Gasteiger partial charge in [-0.3, -0.25) is 0 Å². The molecule has 5 heteroatoms. The maximum absolute atomic E-state index is 4.85. The first kappa shape index (κ1) is 16.5. The molecule has 0 aliphatic carbocycles. The van der Waals surface area contributed by atoms with Gasteiger partial charge in [0.15, 0.2) is 0 Å². The van der Waals surface area contributed by atoms with E-state index >= 15 is 0 Å². The molecule has 1 aromatic carbocycles. The van der Waals surface area contributed by atoms with Gasteiger partial charge in [0.1, 0.15) is 11.0 Å². The first-order chi connectivity index (χ1) is 12.4. The van der Waals surface area contributed by atoms with E-state index in [0.29, 0.717) is 0 Å². The SMILES string of the molecule is CCCCCCn1nc2c(-c3cccs3)ccc(-c3cccs3)c2n1. The zero-order valence-electron chi connectivity index (χ0n) is 14.3. The highest BCUT2D eigenvalue weighted by Crippen LogP contribution is 2.36. The van der Waals surface area contributed by atoms with Crippen LogP contribution < -0.4 is 0 Å². The molecule has 0 N–H and O–H groups in total. The lowest BCUT2D eigenvalue weighted by molar-refractivity contribution is 0.495. The number of unbranched alkanes of at least 4 members (excludes halogenated alkanes) is 3. The number of rotatable bonds is 7. The summed E-state index contributed by atoms with van der Waals surface area (Å²) in [7, 11) is 0. The summed E-state index contributed by atoms with van der Waals surface area (Å²) in [6.45, 7) is 3.13. The minimum Gasteiger partial charge on any atom is -0.184 e. The molecule has 0 aliphatic rings. The molecule has 0 aliphatic heterocycles. The summed E-state index contributed by atoms with van der Waals surface area (Å²) in [5.74, 6) is 0. The van der Waals surface area contributed by atoms with Crippen molar-refractivity contribution < 1.29 is 0 Å². The fourth-order valence-electron chi connectivity index (χ4n) is 3.08. The standard InChI is InChI=1S/C20H21N3S2/c1-2-3-4-5-12-23-21-19-15(17-8-6-13-24-17)10-11-16(20(19)22-23)18-9-7-14-25-18/h6-11,13-14H,2-5,12H2,1H3. The predicted octanol–water partition coefficient (Wildman–Crippen LogP) is 6.47. The second-order valence-corrected chi connectivity index (χ2v) is 8.06. The van der Waals surface area contributed by atoms with Crippen molar-refractivity contribution in [2.24, 2.45) is 0 Å². The number of hydrogen-bond donors (Lipinski definition) is 0. The Kier molecular flexibility index (Phi) is 4.95. The van der Waals surface area contributed by atoms with Crippen LogP contribution in [0.25, 0.3) is 31.9 Å². The van der Waals surface area contributed by atoms with Gasteiger partial charge in [-0.15, -0.1) is 22.7 Å². The summed E-state index contributed by atoms with van der Waals surface area (Å²) in [5.41, 5.74) is 4.41. The topological polar surface area (TPSA) is 30.7 Å². The fraction of sp³-hybridized carbons (Fsp3) is 0.300. The maximum Gasteiger partial charge on any atom is 0.122 e. The summed E-state index contributed by atoms with van der Waals surface area (Å²) < 4.78 is 0. The van der Waals surface area contributed by atoms with Crippen molar-refractivity contribution >= 4 is 33.7 Å². The van der Waals surface area contributed by atoms with Crippen LogP contribution in [0.2, 0.25) is 0 Å². The lowest BCUT2D eigenvalue weighted by Crippen LogP contribution is -2.02. The highest BCUT2D eigenvalue weighted by molar-refractivity contribution is 7.14. The number of nitrogens with zero attached hydrogens (tertiary/aromatic N) is 3. The van der Waals surface area contributed by atoms with E-state index in [0.717, 1.165) is 24.0 Å². The van der Waals surface area contributed by atoms with Crippen molar-refractivity contribution in [2.45, 2.75) is 39.2 Å². The van der Waals surface area contributed by atoms with E-state index in [9.17, 15) is 0 Å². The summed E-state index contributed by atoms with van der Waals surface area (Å²) in [6.07, 6.45) is 4.91. The Balaban J connectivity index is 1.77. The van der Waals surface area contributed by atoms with Gasteiger partial charge in [0.25, 0.3) is 0 Å². The van der Waals surface area contributed by atoms with E-state index in [1.54, 1.807) is 22.7 Å². The number of aromatic nitrogens is 3. The van der Waals surface area contributed by atoms with Crippen LogP contribution >= 0.6 is 22.7 Å². The Hall–Kier alpha value is -1.98. The van der Waals surface area contributed by atoms with Crippen molar-refractivity contribution in [3.05, 3.63) is 47.2 Å². The molecule has 0 saturated heterocycles. The van der Waals surface area contributed by atoms with Gasteiger partial charge < -0.3 is 0 Å². The van der Waals surface area contributed by atoms with Crippen LogP contribution in [0, 0.1) is 0 Å². The summed E-state index contributed by atoms with van der Waals surface area (Å²) in [6, 6.07) is 12.9. The zero-order chi connectivity index (χ0) is 17.1. The van der Waals surface area contributed by atoms with Crippen molar-refractivity contribution in [3.63, 3.8) is 0 Å². The van der Waals surface area contributed by atoms with E-state index in [4.69, 9.17) is 10.2 Å². The first-order valence-electron chi connectivity index (χ1n) is 8.82. The van der Waals surface area contributed by atoms with Crippen LogP contribution in [-0.2, 0) is 6.54 Å². The van der Waals surface area contributed by atoms with Crippen LogP contribution in [0.4, 0.5) is 0 Å². The molecule has 3 nitrogen and oxygen atoms in total. The molecule has 4 aromatic rings. The van der Waals surface area contributed by atoms with Crippen molar-refractivity contribution in [2.75, 3.05) is 0 Å². The van der Waals surface area contributed by atoms with E-state index in [2.05, 4.69) is 54.1 Å². The number of benzene rings is 1. The Morgan fingerprint density at radius 3 is 1.88 bits per heavy atom. The monoisotopic (exact) mass is 367 g/mol. The van der Waals surface area contributed by atoms with Gasteiger partial charge in [0.05, 0.1) is 6.54 Å². The summed E-state index contributed by atoms with van der Waals surface area (Å²) in [5, 5.41) is 13.9. The normalized spacial score (nSPS) is 11.4. The van der Waals surface area contributed by atoms with Crippen molar-refractivity contribution in [1.82, 2.24) is 15.0 Å². The molecule has 0 spiro atoms. The third-order valence-electron chi connectivity index (χ3n) is 4.37. The molecule has 0 atom stereocenters. The third-order valence-corrected chi connectivity index (χ3v) is 6.17. The number of hydrogen-bond acceptors (Lipinski definition) is 4. The zero-order valence-corrected chi connectivity index (χ0v) is 15.9. The summed E-state index contributed by atoms with van der Waals surface area (Å²) >= 11 is 3.51. The quantitative estimate of drug-likeness (QED) is 0.350. The highest BCUT2D eigenvalue weighted by atomic mass is 32.1. The average molecular weight is 368 g/mol. The minimum absolute atomic E-state index is 0.891. The molecular weight excluding hydrogens is 346 g/mol. The smallest absolute Gasteiger partial charge is 0.122 e. The van der Waals surface area contributed by atoms with Crippen LogP contribution in [0.1, 0.15) is 32.6 Å². The Morgan fingerprint density at radius 1 is 0.800 bits per heavy atom. The van der Waals surface area contributed by atoms with Crippen LogP contribution in [0.5, 0.6) is 0 Å². The number of thiophene rings is 2. The summed E-state index contributed by atoms with van der Waals surface area (Å²) in [4.78, 5) is 4.40. The van der Waals surface area contributed by atoms with Gasteiger partial charge in [0.2, 0.25) is 0 Å². The molecule has 0 radical (unpaired) electrons. The Labute approximate surface area is 155 Å². The molecule has 0 saturated carbocycles. The van der Waals surface area contributed by atoms with Crippen LogP contribution in [-0.4, -0.2) is 15.0 Å². The maximum atomic E-state index is 4.85. The van der Waals surface area contributed by atoms with Crippen LogP contribution in [0.15, 0.2) is 47.2 Å². The van der Waals surface area contributed by atoms with Crippen molar-refractivity contribution in [1.29, 1.82) is 0 Å². The molecule has 0 amide bonds. The third kappa shape index (κ3) is 3.39. The molecule has 4 rings (SSSR count). The van der Waals surface area contributed by atoms with Gasteiger partial charge in [-0.25, -0.2) is 0 Å². The molecule has 25 heavy (non-hydrogen) atoms. The number of aryl methyl sites for hydroxylation is 1.